The van der Waals surface area contributed by atoms with Crippen molar-refractivity contribution in [3.63, 3.8) is 0 Å². The third-order valence-electron chi connectivity index (χ3n) is 4.19. The van der Waals surface area contributed by atoms with Crippen LogP contribution < -0.4 is 0 Å². The van der Waals surface area contributed by atoms with Crippen molar-refractivity contribution in [3.05, 3.63) is 54.2 Å². The Bertz CT molecular complexity index is 1040. The molecule has 0 atom stereocenters. The monoisotopic (exact) mass is 329 g/mol. The highest BCUT2D eigenvalue weighted by Gasteiger charge is 2.30. The Morgan fingerprint density at radius 1 is 1.08 bits per heavy atom. The number of aromatic nitrogens is 3. The fourth-order valence-corrected chi connectivity index (χ4v) is 3.10. The first-order valence-electron chi connectivity index (χ1n) is 7.52. The number of nitrogens with one attached hydrogen (secondary N) is 1. The molecule has 2 aromatic carbocycles. The molecule has 0 radical (unpaired) electrons. The summed E-state index contributed by atoms with van der Waals surface area (Å²) in [7, 11) is 0. The summed E-state index contributed by atoms with van der Waals surface area (Å²) in [5.74, 6) is 0. The molecule has 0 bridgehead atoms. The lowest BCUT2D eigenvalue weighted by Crippen LogP contribution is -2.18. The van der Waals surface area contributed by atoms with Crippen molar-refractivity contribution in [2.75, 3.05) is 0 Å². The third-order valence-corrected chi connectivity index (χ3v) is 4.19. The van der Waals surface area contributed by atoms with Gasteiger partial charge in [0.15, 0.2) is 0 Å². The van der Waals surface area contributed by atoms with Crippen LogP contribution in [0.1, 0.15) is 5.69 Å². The molecule has 6 heteroatoms. The molecular weight excluding hydrogens is 315 g/mol. The summed E-state index contributed by atoms with van der Waals surface area (Å²) in [6, 6.07) is 14.4. The Balaban J connectivity index is 1.95. The number of fused-ring (bicyclic) bond motifs is 2. The quantitative estimate of drug-likeness (QED) is 0.548. The minimum absolute atomic E-state index is 0.538. The van der Waals surface area contributed by atoms with Crippen molar-refractivity contribution in [1.82, 2.24) is 14.8 Å². The number of benzene rings is 2. The second-order valence-corrected chi connectivity index (χ2v) is 5.87. The Morgan fingerprint density at radius 2 is 1.88 bits per heavy atom. The van der Waals surface area contributed by atoms with Gasteiger partial charge in [-0.15, -0.1) is 0 Å². The second-order valence-electron chi connectivity index (χ2n) is 5.87. The van der Waals surface area contributed by atoms with Crippen LogP contribution in [0.5, 0.6) is 0 Å². The molecule has 2 heterocycles. The number of hydrogen-bond acceptors (Lipinski definition) is 1. The minimum Gasteiger partial charge on any atom is -0.331 e. The molecule has 4 aromatic rings. The number of rotatable bonds is 2. The van der Waals surface area contributed by atoms with Gasteiger partial charge in [-0.25, -0.2) is 0 Å². The normalized spacial score (nSPS) is 12.3. The molecule has 0 spiro atoms. The van der Waals surface area contributed by atoms with Crippen LogP contribution >= 0.6 is 0 Å². The summed E-state index contributed by atoms with van der Waals surface area (Å²) < 4.78 is 40.5. The highest BCUT2D eigenvalue weighted by molar-refractivity contribution is 5.90. The van der Waals surface area contributed by atoms with Crippen LogP contribution in [0.3, 0.4) is 0 Å². The molecule has 1 N–H and O–H groups in total. The zero-order chi connectivity index (χ0) is 16.9. The number of alkyl halides is 3. The average Bonchev–Trinajstić information content (AvgIpc) is 3.07. The van der Waals surface area contributed by atoms with Gasteiger partial charge in [0.25, 0.3) is 0 Å². The van der Waals surface area contributed by atoms with E-state index in [2.05, 4.69) is 10.2 Å². The second kappa shape index (κ2) is 5.12. The standard InChI is InChI=1S/C18H14F3N3/c1-11-14-7-6-13(8-15(14)23-22-11)17-9-12-4-2-3-5-16(12)24(17)10-18(19,20)21/h2-9H,10H2,1H3,(H,22,23). The van der Waals surface area contributed by atoms with Gasteiger partial charge in [-0.05, 0) is 25.1 Å². The van der Waals surface area contributed by atoms with E-state index in [-0.39, 0.29) is 0 Å². The number of aromatic amines is 1. The van der Waals surface area contributed by atoms with Crippen molar-refractivity contribution >= 4 is 21.8 Å². The van der Waals surface area contributed by atoms with Crippen LogP contribution in [0.15, 0.2) is 48.5 Å². The largest absolute Gasteiger partial charge is 0.406 e. The van der Waals surface area contributed by atoms with E-state index in [9.17, 15) is 13.2 Å². The highest BCUT2D eigenvalue weighted by Crippen LogP contribution is 2.33. The Hall–Kier alpha value is -2.76. The molecule has 4 rings (SSSR count). The van der Waals surface area contributed by atoms with Crippen LogP contribution in [0.2, 0.25) is 0 Å². The third kappa shape index (κ3) is 2.44. The first-order valence-corrected chi connectivity index (χ1v) is 7.52. The van der Waals surface area contributed by atoms with Crippen LogP contribution in [0, 0.1) is 6.92 Å². The first-order chi connectivity index (χ1) is 11.4. The lowest BCUT2D eigenvalue weighted by Gasteiger charge is -2.13. The molecule has 24 heavy (non-hydrogen) atoms. The molecule has 0 saturated carbocycles. The van der Waals surface area contributed by atoms with Gasteiger partial charge in [0, 0.05) is 33.2 Å². The van der Waals surface area contributed by atoms with Gasteiger partial charge in [-0.1, -0.05) is 30.3 Å². The molecule has 0 saturated heterocycles. The molecule has 0 amide bonds. The molecule has 0 aliphatic carbocycles. The topological polar surface area (TPSA) is 33.6 Å². The van der Waals surface area contributed by atoms with Crippen LogP contribution in [0.4, 0.5) is 13.2 Å². The summed E-state index contributed by atoms with van der Waals surface area (Å²) in [4.78, 5) is 0. The van der Waals surface area contributed by atoms with E-state index in [1.165, 1.54) is 4.57 Å². The van der Waals surface area contributed by atoms with E-state index >= 15 is 0 Å². The van der Waals surface area contributed by atoms with Gasteiger partial charge < -0.3 is 4.57 Å². The average molecular weight is 329 g/mol. The fraction of sp³-hybridized carbons (Fsp3) is 0.167. The molecular formula is C18H14F3N3. The van der Waals surface area contributed by atoms with Crippen molar-refractivity contribution in [3.8, 4) is 11.3 Å². The fourth-order valence-electron chi connectivity index (χ4n) is 3.10. The lowest BCUT2D eigenvalue weighted by molar-refractivity contribution is -0.139. The first kappa shape index (κ1) is 14.8. The summed E-state index contributed by atoms with van der Waals surface area (Å²) >= 11 is 0. The minimum atomic E-state index is -4.29. The van der Waals surface area contributed by atoms with Gasteiger partial charge in [0.1, 0.15) is 6.54 Å². The van der Waals surface area contributed by atoms with Crippen molar-refractivity contribution in [2.45, 2.75) is 19.6 Å². The highest BCUT2D eigenvalue weighted by atomic mass is 19.4. The van der Waals surface area contributed by atoms with E-state index in [1.807, 2.05) is 37.3 Å². The van der Waals surface area contributed by atoms with Crippen molar-refractivity contribution in [2.24, 2.45) is 0 Å². The van der Waals surface area contributed by atoms with E-state index in [4.69, 9.17) is 0 Å². The number of aryl methyl sites for hydroxylation is 1. The predicted octanol–water partition coefficient (Wildman–Crippen LogP) is 5.06. The maximum Gasteiger partial charge on any atom is 0.406 e. The van der Waals surface area contributed by atoms with Gasteiger partial charge in [-0.2, -0.15) is 18.3 Å². The number of halogens is 3. The molecule has 0 aliphatic rings. The molecule has 2 aromatic heterocycles. The zero-order valence-electron chi connectivity index (χ0n) is 12.9. The van der Waals surface area contributed by atoms with E-state index < -0.39 is 12.7 Å². The molecule has 122 valence electrons. The van der Waals surface area contributed by atoms with Crippen molar-refractivity contribution in [1.29, 1.82) is 0 Å². The van der Waals surface area contributed by atoms with Gasteiger partial charge >= 0.3 is 6.18 Å². The van der Waals surface area contributed by atoms with Gasteiger partial charge in [-0.3, -0.25) is 5.10 Å². The van der Waals surface area contributed by atoms with Crippen LogP contribution in [-0.4, -0.2) is 20.9 Å². The molecule has 0 unspecified atom stereocenters. The zero-order valence-corrected chi connectivity index (χ0v) is 12.9. The molecule has 0 fully saturated rings. The number of para-hydroxylation sites is 1. The van der Waals surface area contributed by atoms with Gasteiger partial charge in [0.05, 0.1) is 5.52 Å². The molecule has 0 aliphatic heterocycles. The Kier molecular flexibility index (Phi) is 3.16. The lowest BCUT2D eigenvalue weighted by atomic mass is 10.1. The van der Waals surface area contributed by atoms with E-state index in [0.717, 1.165) is 27.5 Å². The number of hydrogen-bond donors (Lipinski definition) is 1. The number of nitrogens with zero attached hydrogens (tertiary/aromatic N) is 2. The van der Waals surface area contributed by atoms with Crippen LogP contribution in [0.25, 0.3) is 33.1 Å². The predicted molar refractivity (Wildman–Crippen MR) is 87.8 cm³/mol. The summed E-state index contributed by atoms with van der Waals surface area (Å²) in [5.41, 5.74) is 3.51. The number of H-pyrrole nitrogens is 1. The van der Waals surface area contributed by atoms with Gasteiger partial charge in [0.2, 0.25) is 0 Å². The summed E-state index contributed by atoms with van der Waals surface area (Å²) in [6.45, 7) is 0.892. The van der Waals surface area contributed by atoms with E-state index in [0.29, 0.717) is 11.2 Å². The van der Waals surface area contributed by atoms with E-state index in [1.54, 1.807) is 18.2 Å². The molecule has 3 nitrogen and oxygen atoms in total. The maximum absolute atomic E-state index is 13.1. The Labute approximate surface area is 135 Å². The summed E-state index contributed by atoms with van der Waals surface area (Å²) in [6.07, 6.45) is -4.29. The summed E-state index contributed by atoms with van der Waals surface area (Å²) in [5, 5.41) is 8.86. The maximum atomic E-state index is 13.1. The van der Waals surface area contributed by atoms with Crippen molar-refractivity contribution < 1.29 is 13.2 Å². The Morgan fingerprint density at radius 3 is 2.67 bits per heavy atom. The smallest absolute Gasteiger partial charge is 0.331 e. The SMILES string of the molecule is Cc1[nH]nc2cc(-c3cc4ccccc4n3CC(F)(F)F)ccc12. The van der Waals surface area contributed by atoms with Crippen LogP contribution in [-0.2, 0) is 6.54 Å².